The number of primary amides is 1. The highest BCUT2D eigenvalue weighted by molar-refractivity contribution is 6.30. The van der Waals surface area contributed by atoms with Crippen molar-refractivity contribution in [1.82, 2.24) is 57.2 Å². The normalized spacial score (nSPS) is 18.4. The molecule has 3 fully saturated rings. The molecule has 34 nitrogen and oxygen atoms in total. The van der Waals surface area contributed by atoms with Crippen LogP contribution in [0, 0.1) is 18.8 Å². The minimum atomic E-state index is -1.86. The standard InChI is InChI=1S/C73H100ClN15O19/c1-36(2)30-48(84-69(101)58-38(5)46-25-26-55(106-9)60(107-10)59(46)108-58)64(96)79-39(6)62(94)85-51(32-42-19-23-45(105-8)24-20-42)71(103)88-29-13-16-53(88)67(99)83-50(34-56(91)92)65(97)80-40(7)63(95)86-57(37(3)4)72(104)89-35-44(90)33-54(89)68(100)82-49(31-41-17-21-43(74)22-18-41)66(98)81-47(14-11-27-78-73(76)77)70(102)87-28-12-15-52(87)61(75)93/h17-26,36-37,39-40,44,47-54,57,90H,11-16,27-35H2,1-10H3,(H2,75,93)(H,79,96)(H,80,97)(H,81,98)(H,82,100)(H,83,99)(H,84,101)(H,85,94)(H,86,95)(H,91,92)(H4,76,77,78)/t39-,40-,44+,47-,48-,49-,50-,51-,52-,53-,54-,57-/m0/s1. The fraction of sp³-hybridized carbons (Fsp3) is 0.534. The zero-order valence-corrected chi connectivity index (χ0v) is 63.0. The quantitative estimate of drug-likeness (QED) is 0.0163. The van der Waals surface area contributed by atoms with E-state index >= 15 is 0 Å². The van der Waals surface area contributed by atoms with Crippen LogP contribution in [0.2, 0.25) is 5.02 Å². The number of hydrogen-bond acceptors (Lipinski definition) is 19. The van der Waals surface area contributed by atoms with E-state index in [-0.39, 0.29) is 100.0 Å². The topological polar surface area (TPSA) is 500 Å². The molecule has 0 saturated carbocycles. The number of halogens is 1. The van der Waals surface area contributed by atoms with Crippen LogP contribution >= 0.6 is 11.6 Å². The van der Waals surface area contributed by atoms with E-state index in [1.807, 2.05) is 13.8 Å². The number of nitrogens with zero attached hydrogens (tertiary/aromatic N) is 4. The number of nitrogens with one attached hydrogen (secondary N) is 8. The molecule has 12 amide bonds. The third-order valence-electron chi connectivity index (χ3n) is 19.1. The van der Waals surface area contributed by atoms with E-state index in [1.54, 1.807) is 81.4 Å². The van der Waals surface area contributed by atoms with Crippen molar-refractivity contribution < 1.29 is 91.2 Å². The van der Waals surface area contributed by atoms with Crippen LogP contribution in [0.1, 0.15) is 127 Å². The fourth-order valence-corrected chi connectivity index (χ4v) is 13.4. The van der Waals surface area contributed by atoms with Crippen molar-refractivity contribution in [3.63, 3.8) is 0 Å². The summed E-state index contributed by atoms with van der Waals surface area (Å²) in [4.78, 5) is 190. The van der Waals surface area contributed by atoms with Crippen LogP contribution in [-0.2, 0) is 70.4 Å². The molecular formula is C73H100ClN15O19. The average molecular weight is 1530 g/mol. The van der Waals surface area contributed by atoms with Crippen molar-refractivity contribution in [3.05, 3.63) is 88.1 Å². The third-order valence-corrected chi connectivity index (χ3v) is 19.3. The number of likely N-dealkylation sites (tertiary alicyclic amines) is 3. The molecule has 16 N–H and O–H groups in total. The highest BCUT2D eigenvalue weighted by Gasteiger charge is 2.46. The van der Waals surface area contributed by atoms with E-state index in [1.165, 1.54) is 45.0 Å². The maximum atomic E-state index is 14.9. The number of fused-ring (bicyclic) bond motifs is 1. The summed E-state index contributed by atoms with van der Waals surface area (Å²) in [5.41, 5.74) is 18.5. The summed E-state index contributed by atoms with van der Waals surface area (Å²) >= 11 is 6.19. The van der Waals surface area contributed by atoms with Crippen molar-refractivity contribution in [3.8, 4) is 17.2 Å². The van der Waals surface area contributed by atoms with Gasteiger partial charge in [-0.1, -0.05) is 63.6 Å². The molecule has 0 unspecified atom stereocenters. The first-order chi connectivity index (χ1) is 51.1. The number of aliphatic hydroxyl groups is 1. The van der Waals surface area contributed by atoms with Gasteiger partial charge >= 0.3 is 5.97 Å². The summed E-state index contributed by atoms with van der Waals surface area (Å²) in [6, 6.07) is 1.17. The Balaban J connectivity index is 1.02. The Morgan fingerprint density at radius 3 is 1.72 bits per heavy atom. The smallest absolute Gasteiger partial charge is 0.305 e. The molecule has 1 aromatic heterocycles. The Hall–Kier alpha value is -10.8. The van der Waals surface area contributed by atoms with Gasteiger partial charge in [-0.25, -0.2) is 0 Å². The fourth-order valence-electron chi connectivity index (χ4n) is 13.3. The molecule has 3 saturated heterocycles. The number of furan rings is 1. The first-order valence-corrected chi connectivity index (χ1v) is 36.1. The number of aliphatic hydroxyl groups excluding tert-OH is 1. The number of methoxy groups -OCH3 is 3. The van der Waals surface area contributed by atoms with E-state index < -0.39 is 168 Å². The predicted octanol–water partition coefficient (Wildman–Crippen LogP) is 0.0971. The molecule has 3 aliphatic heterocycles. The van der Waals surface area contributed by atoms with Gasteiger partial charge in [0.1, 0.15) is 72.2 Å². The number of aliphatic carboxylic acids is 1. The molecule has 0 radical (unpaired) electrons. The second-order valence-electron chi connectivity index (χ2n) is 27.9. The van der Waals surface area contributed by atoms with Crippen LogP contribution in [-0.4, -0.2) is 228 Å². The number of guanidine groups is 1. The molecule has 4 aromatic rings. The van der Waals surface area contributed by atoms with E-state index in [9.17, 15) is 72.5 Å². The second-order valence-corrected chi connectivity index (χ2v) is 28.4. The third kappa shape index (κ3) is 22.2. The Bertz CT molecular complexity index is 3980. The number of carboxylic acids is 1. The van der Waals surface area contributed by atoms with Gasteiger partial charge in [0.05, 0.1) is 33.9 Å². The Morgan fingerprint density at radius 1 is 0.602 bits per heavy atom. The monoisotopic (exact) mass is 1530 g/mol. The number of carboxylic acid groups (broad SMARTS) is 1. The zero-order chi connectivity index (χ0) is 79.5. The maximum Gasteiger partial charge on any atom is 0.305 e. The van der Waals surface area contributed by atoms with E-state index in [4.69, 9.17) is 47.4 Å². The van der Waals surface area contributed by atoms with Gasteiger partial charge in [0.25, 0.3) is 5.91 Å². The Morgan fingerprint density at radius 2 is 1.15 bits per heavy atom. The van der Waals surface area contributed by atoms with E-state index in [0.717, 1.165) is 4.90 Å². The lowest BCUT2D eigenvalue weighted by atomic mass is 10.0. The van der Waals surface area contributed by atoms with Crippen LogP contribution in [0.4, 0.5) is 0 Å². The number of aliphatic imine (C=N–C) groups is 1. The van der Waals surface area contributed by atoms with Gasteiger partial charge in [0.15, 0.2) is 23.1 Å². The van der Waals surface area contributed by atoms with Crippen LogP contribution < -0.4 is 73.9 Å². The first-order valence-electron chi connectivity index (χ1n) is 35.8. The van der Waals surface area contributed by atoms with Crippen molar-refractivity contribution in [1.29, 1.82) is 0 Å². The van der Waals surface area contributed by atoms with Gasteiger partial charge in [-0.05, 0) is 125 Å². The largest absolute Gasteiger partial charge is 0.497 e. The van der Waals surface area contributed by atoms with Gasteiger partial charge in [-0.2, -0.15) is 0 Å². The lowest BCUT2D eigenvalue weighted by molar-refractivity contribution is -0.144. The van der Waals surface area contributed by atoms with Gasteiger partial charge in [0.2, 0.25) is 70.7 Å². The highest BCUT2D eigenvalue weighted by atomic mass is 35.5. The van der Waals surface area contributed by atoms with Crippen LogP contribution in [0.5, 0.6) is 17.2 Å². The first kappa shape index (κ1) is 84.5. The number of rotatable bonds is 36. The molecule has 108 heavy (non-hydrogen) atoms. The number of carbonyl (C=O) groups excluding carboxylic acids is 12. The highest BCUT2D eigenvalue weighted by Crippen LogP contribution is 2.39. The number of β-amino-alcohol motifs (C(OH)–C–C–N with tert-alkyl or cyclic N) is 1. The number of amides is 12. The van der Waals surface area contributed by atoms with Gasteiger partial charge in [-0.3, -0.25) is 67.3 Å². The summed E-state index contributed by atoms with van der Waals surface area (Å²) in [5.74, 6) is -11.6. The lowest BCUT2D eigenvalue weighted by Gasteiger charge is -2.32. The zero-order valence-electron chi connectivity index (χ0n) is 62.2. The summed E-state index contributed by atoms with van der Waals surface area (Å²) in [7, 11) is 4.34. The number of nitrogens with two attached hydrogens (primary N) is 3. The molecule has 35 heteroatoms. The van der Waals surface area contributed by atoms with Gasteiger partial charge < -0.3 is 103 Å². The van der Waals surface area contributed by atoms with Crippen LogP contribution in [0.25, 0.3) is 11.0 Å². The van der Waals surface area contributed by atoms with E-state index in [2.05, 4.69) is 47.5 Å². The molecule has 0 spiro atoms. The SMILES string of the molecule is COc1ccc(C[C@H](NC(=O)[C@H](C)NC(=O)[C@H](CC(C)C)NC(=O)c2oc3c(OC)c(OC)ccc3c2C)C(=O)N2CCC[C@H]2C(=O)N[C@@H](CC(=O)O)C(=O)N[C@@H](C)C(=O)N[C@H](C(=O)N2C[C@H](O)C[C@H]2C(=O)N[C@@H](Cc2ccc(Cl)cc2)C(=O)N[C@@H](CCCN=C(N)N)C(=O)N2CCC[C@H]2C(N)=O)C(C)C)cc1. The number of ether oxygens (including phenoxy) is 3. The number of benzene rings is 3. The van der Waals surface area contributed by atoms with Crippen molar-refractivity contribution in [2.45, 2.75) is 192 Å². The second kappa shape index (κ2) is 38.7. The Kier molecular flexibility index (Phi) is 30.3. The molecule has 3 aromatic carbocycles. The molecule has 12 atom stereocenters. The number of aryl methyl sites for hydroxylation is 1. The molecule has 3 aliphatic rings. The minimum absolute atomic E-state index is 0.00327. The molecule has 588 valence electrons. The number of hydrogen-bond donors (Lipinski definition) is 13. The van der Waals surface area contributed by atoms with Crippen LogP contribution in [0.3, 0.4) is 0 Å². The molecule has 0 aliphatic carbocycles. The number of carbonyl (C=O) groups is 13. The lowest BCUT2D eigenvalue weighted by Crippen LogP contribution is -2.61. The Labute approximate surface area is 629 Å². The molecule has 4 heterocycles. The van der Waals surface area contributed by atoms with Gasteiger partial charge in [-0.15, -0.1) is 0 Å². The summed E-state index contributed by atoms with van der Waals surface area (Å²) < 4.78 is 22.2. The molecule has 7 rings (SSSR count). The maximum absolute atomic E-state index is 14.9. The summed E-state index contributed by atoms with van der Waals surface area (Å²) in [6.45, 7) is 10.9. The summed E-state index contributed by atoms with van der Waals surface area (Å²) in [5, 5.41) is 43.1. The van der Waals surface area contributed by atoms with Gasteiger partial charge in [0, 0.05) is 61.4 Å². The molecular weight excluding hydrogens is 1430 g/mol. The minimum Gasteiger partial charge on any atom is -0.497 e. The van der Waals surface area contributed by atoms with Crippen molar-refractivity contribution >= 4 is 105 Å². The predicted molar refractivity (Wildman–Crippen MR) is 393 cm³/mol. The van der Waals surface area contributed by atoms with Crippen molar-refractivity contribution in [2.75, 3.05) is 47.5 Å². The summed E-state index contributed by atoms with van der Waals surface area (Å²) in [6.07, 6.45) is -1.53. The van der Waals surface area contributed by atoms with Crippen LogP contribution in [0.15, 0.2) is 70.1 Å². The average Bonchev–Trinajstić information content (AvgIpc) is 1.62. The van der Waals surface area contributed by atoms with E-state index in [0.29, 0.717) is 51.4 Å². The molecule has 0 bridgehead atoms. The van der Waals surface area contributed by atoms with Crippen molar-refractivity contribution in [2.24, 2.45) is 34.0 Å².